The summed E-state index contributed by atoms with van der Waals surface area (Å²) in [6.07, 6.45) is -3.37. The smallest absolute Gasteiger partial charge is 0.449 e. The van der Waals surface area contributed by atoms with Crippen LogP contribution in [-0.4, -0.2) is 22.3 Å². The largest absolute Gasteiger partial charge is 0.573 e. The van der Waals surface area contributed by atoms with Gasteiger partial charge in [0.1, 0.15) is 17.7 Å². The van der Waals surface area contributed by atoms with Gasteiger partial charge in [0, 0.05) is 12.6 Å². The van der Waals surface area contributed by atoms with Crippen LogP contribution in [0.5, 0.6) is 5.75 Å². The van der Waals surface area contributed by atoms with Crippen molar-refractivity contribution in [2.45, 2.75) is 19.8 Å². The van der Waals surface area contributed by atoms with Gasteiger partial charge in [-0.3, -0.25) is 9.80 Å². The highest BCUT2D eigenvalue weighted by atomic mass is 19.4. The van der Waals surface area contributed by atoms with Crippen molar-refractivity contribution in [1.29, 1.82) is 0 Å². The molecular weight excluding hydrogens is 389 g/mol. The number of rotatable bonds is 5. The molecule has 0 unspecified atom stereocenters. The minimum atomic E-state index is -4.77. The van der Waals surface area contributed by atoms with Crippen molar-refractivity contribution in [2.75, 3.05) is 5.73 Å². The molecule has 0 radical (unpaired) electrons. The monoisotopic (exact) mass is 406 g/mol. The molecule has 0 aliphatic carbocycles. The number of benzene rings is 2. The SMILES string of the molecule is Cc1nc(CN(N)C(=O)c2cc(-c3ccc(OC(F)(F)F)cc3)ccc2N)co1. The molecule has 7 nitrogen and oxygen atoms in total. The van der Waals surface area contributed by atoms with Gasteiger partial charge in [-0.2, -0.15) is 0 Å². The minimum Gasteiger partial charge on any atom is -0.449 e. The van der Waals surface area contributed by atoms with Crippen LogP contribution in [0.15, 0.2) is 53.1 Å². The number of carbonyl (C=O) groups excluding carboxylic acids is 1. The number of aryl methyl sites for hydroxylation is 1. The molecule has 0 aliphatic rings. The summed E-state index contributed by atoms with van der Waals surface area (Å²) in [6, 6.07) is 9.94. The summed E-state index contributed by atoms with van der Waals surface area (Å²) in [5, 5.41) is 0.951. The van der Waals surface area contributed by atoms with Crippen molar-refractivity contribution in [3.8, 4) is 16.9 Å². The van der Waals surface area contributed by atoms with Crippen LogP contribution in [0.1, 0.15) is 21.9 Å². The molecular formula is C19H17F3N4O3. The lowest BCUT2D eigenvalue weighted by molar-refractivity contribution is -0.274. The number of amides is 1. The van der Waals surface area contributed by atoms with Gasteiger partial charge < -0.3 is 14.9 Å². The van der Waals surface area contributed by atoms with Gasteiger partial charge in [-0.25, -0.2) is 10.8 Å². The van der Waals surface area contributed by atoms with Crippen molar-refractivity contribution >= 4 is 11.6 Å². The van der Waals surface area contributed by atoms with Crippen LogP contribution >= 0.6 is 0 Å². The van der Waals surface area contributed by atoms with E-state index in [-0.39, 0.29) is 23.5 Å². The van der Waals surface area contributed by atoms with Crippen molar-refractivity contribution in [3.05, 3.63) is 65.9 Å². The number of ether oxygens (including phenoxy) is 1. The number of hydrazine groups is 1. The van der Waals surface area contributed by atoms with E-state index in [0.29, 0.717) is 22.7 Å². The van der Waals surface area contributed by atoms with E-state index in [4.69, 9.17) is 16.0 Å². The second kappa shape index (κ2) is 7.84. The molecule has 3 rings (SSSR count). The predicted molar refractivity (Wildman–Crippen MR) is 98.3 cm³/mol. The number of alkyl halides is 3. The van der Waals surface area contributed by atoms with E-state index in [1.165, 1.54) is 42.7 Å². The van der Waals surface area contributed by atoms with Crippen LogP contribution < -0.4 is 16.3 Å². The molecule has 1 aromatic heterocycles. The molecule has 4 N–H and O–H groups in total. The molecule has 0 spiro atoms. The highest BCUT2D eigenvalue weighted by Gasteiger charge is 2.31. The summed E-state index contributed by atoms with van der Waals surface area (Å²) in [7, 11) is 0. The van der Waals surface area contributed by atoms with E-state index in [2.05, 4.69) is 9.72 Å². The van der Waals surface area contributed by atoms with Crippen LogP contribution in [-0.2, 0) is 6.54 Å². The zero-order valence-corrected chi connectivity index (χ0v) is 15.2. The maximum absolute atomic E-state index is 12.7. The minimum absolute atomic E-state index is 0.0172. The Bertz CT molecular complexity index is 1020. The topological polar surface area (TPSA) is 108 Å². The number of oxazole rings is 1. The van der Waals surface area contributed by atoms with Gasteiger partial charge in [0.2, 0.25) is 0 Å². The summed E-state index contributed by atoms with van der Waals surface area (Å²) in [5.74, 6) is 5.41. The lowest BCUT2D eigenvalue weighted by Crippen LogP contribution is -2.37. The predicted octanol–water partition coefficient (Wildman–Crippen LogP) is 3.65. The molecule has 10 heteroatoms. The summed E-state index contributed by atoms with van der Waals surface area (Å²) in [4.78, 5) is 16.8. The number of halogens is 3. The summed E-state index contributed by atoms with van der Waals surface area (Å²) < 4.78 is 45.8. The van der Waals surface area contributed by atoms with Crippen LogP contribution in [0.2, 0.25) is 0 Å². The molecule has 1 amide bonds. The molecule has 29 heavy (non-hydrogen) atoms. The van der Waals surface area contributed by atoms with E-state index < -0.39 is 12.3 Å². The number of anilines is 1. The fourth-order valence-electron chi connectivity index (χ4n) is 2.65. The summed E-state index contributed by atoms with van der Waals surface area (Å²) in [6.45, 7) is 1.68. The highest BCUT2D eigenvalue weighted by molar-refractivity contribution is 6.00. The number of hydrogen-bond donors (Lipinski definition) is 2. The third-order valence-electron chi connectivity index (χ3n) is 3.96. The number of nitrogens with zero attached hydrogens (tertiary/aromatic N) is 2. The summed E-state index contributed by atoms with van der Waals surface area (Å²) >= 11 is 0. The molecule has 3 aromatic rings. The van der Waals surface area contributed by atoms with Gasteiger partial charge in [-0.1, -0.05) is 18.2 Å². The average Bonchev–Trinajstić information content (AvgIpc) is 3.05. The third kappa shape index (κ3) is 5.05. The van der Waals surface area contributed by atoms with Crippen LogP contribution in [0.4, 0.5) is 18.9 Å². The molecule has 152 valence electrons. The first-order valence-electron chi connectivity index (χ1n) is 8.35. The number of aromatic nitrogens is 1. The Morgan fingerprint density at radius 1 is 1.17 bits per heavy atom. The fourth-order valence-corrected chi connectivity index (χ4v) is 2.65. The van der Waals surface area contributed by atoms with Crippen LogP contribution in [0.25, 0.3) is 11.1 Å². The van der Waals surface area contributed by atoms with Gasteiger partial charge in [0.25, 0.3) is 5.91 Å². The van der Waals surface area contributed by atoms with E-state index in [1.54, 1.807) is 13.0 Å². The van der Waals surface area contributed by atoms with Crippen LogP contribution in [0, 0.1) is 6.92 Å². The van der Waals surface area contributed by atoms with E-state index in [9.17, 15) is 18.0 Å². The number of carbonyl (C=O) groups is 1. The van der Waals surface area contributed by atoms with Gasteiger partial charge in [-0.15, -0.1) is 13.2 Å². The zero-order chi connectivity index (χ0) is 21.2. The van der Waals surface area contributed by atoms with Crippen molar-refractivity contribution < 1.29 is 27.1 Å². The van der Waals surface area contributed by atoms with Crippen LogP contribution in [0.3, 0.4) is 0 Å². The Balaban J connectivity index is 1.81. The number of hydrogen-bond acceptors (Lipinski definition) is 6. The molecule has 0 atom stereocenters. The second-order valence-corrected chi connectivity index (χ2v) is 6.17. The standard InChI is InChI=1S/C19H17F3N4O3/c1-11-25-14(10-28-11)9-26(24)18(27)16-8-13(4-7-17(16)23)12-2-5-15(6-3-12)29-19(20,21)22/h2-8,10H,9,23-24H2,1H3. The van der Waals surface area contributed by atoms with Gasteiger partial charge in [0.15, 0.2) is 5.89 Å². The van der Waals surface area contributed by atoms with Crippen molar-refractivity contribution in [3.63, 3.8) is 0 Å². The molecule has 0 aliphatic heterocycles. The highest BCUT2D eigenvalue weighted by Crippen LogP contribution is 2.28. The molecule has 1 heterocycles. The molecule has 0 saturated heterocycles. The molecule has 0 fully saturated rings. The van der Waals surface area contributed by atoms with Crippen molar-refractivity contribution in [2.24, 2.45) is 5.84 Å². The van der Waals surface area contributed by atoms with E-state index in [1.807, 2.05) is 0 Å². The normalized spacial score (nSPS) is 11.3. The van der Waals surface area contributed by atoms with Gasteiger partial charge in [0.05, 0.1) is 12.1 Å². The molecule has 0 bridgehead atoms. The van der Waals surface area contributed by atoms with Gasteiger partial charge >= 0.3 is 6.36 Å². The number of nitrogens with two attached hydrogens (primary N) is 2. The van der Waals surface area contributed by atoms with E-state index in [0.717, 1.165) is 5.01 Å². The Morgan fingerprint density at radius 3 is 2.41 bits per heavy atom. The lowest BCUT2D eigenvalue weighted by atomic mass is 10.0. The van der Waals surface area contributed by atoms with E-state index >= 15 is 0 Å². The van der Waals surface area contributed by atoms with Gasteiger partial charge in [-0.05, 0) is 35.4 Å². The first kappa shape index (κ1) is 20.2. The van der Waals surface area contributed by atoms with Crippen molar-refractivity contribution in [1.82, 2.24) is 9.99 Å². The maximum Gasteiger partial charge on any atom is 0.573 e. The Kier molecular flexibility index (Phi) is 5.46. The average molecular weight is 406 g/mol. The third-order valence-corrected chi connectivity index (χ3v) is 3.96. The Hall–Kier alpha value is -3.53. The summed E-state index contributed by atoms with van der Waals surface area (Å²) in [5.41, 5.74) is 7.91. The first-order chi connectivity index (χ1) is 13.6. The second-order valence-electron chi connectivity index (χ2n) is 6.17. The molecule has 0 saturated carbocycles. The Labute approximate surface area is 163 Å². The molecule has 2 aromatic carbocycles. The zero-order valence-electron chi connectivity index (χ0n) is 15.2. The quantitative estimate of drug-likeness (QED) is 0.290. The first-order valence-corrected chi connectivity index (χ1v) is 8.35. The fraction of sp³-hybridized carbons (Fsp3) is 0.158. The Morgan fingerprint density at radius 2 is 1.83 bits per heavy atom. The maximum atomic E-state index is 12.7. The number of nitrogen functional groups attached to an aromatic ring is 1. The lowest BCUT2D eigenvalue weighted by Gasteiger charge is -2.17.